The van der Waals surface area contributed by atoms with Crippen LogP contribution in [-0.4, -0.2) is 11.7 Å². The van der Waals surface area contributed by atoms with Gasteiger partial charge in [0.25, 0.3) is 0 Å². The summed E-state index contributed by atoms with van der Waals surface area (Å²) < 4.78 is 0. The van der Waals surface area contributed by atoms with E-state index in [1.807, 2.05) is 0 Å². The van der Waals surface area contributed by atoms with E-state index in [9.17, 15) is 4.79 Å². The maximum Gasteiger partial charge on any atom is 0.225 e. The van der Waals surface area contributed by atoms with Gasteiger partial charge >= 0.3 is 0 Å². The van der Waals surface area contributed by atoms with E-state index in [0.29, 0.717) is 12.3 Å². The average Bonchev–Trinajstić information content (AvgIpc) is 2.04. The number of carbonyl (C=O) groups is 1. The van der Waals surface area contributed by atoms with E-state index < -0.39 is 0 Å². The molecule has 13 heavy (non-hydrogen) atoms. The van der Waals surface area contributed by atoms with Crippen LogP contribution in [0.15, 0.2) is 0 Å². The van der Waals surface area contributed by atoms with Crippen LogP contribution >= 0.6 is 0 Å². The summed E-state index contributed by atoms with van der Waals surface area (Å²) in [7, 11) is 0. The SMILES string of the molecule is CC(=N)NC(=O)CC1CCCCC1. The van der Waals surface area contributed by atoms with Gasteiger partial charge in [-0.05, 0) is 25.7 Å². The predicted octanol–water partition coefficient (Wildman–Crippen LogP) is 2.07. The smallest absolute Gasteiger partial charge is 0.225 e. The first kappa shape index (κ1) is 10.2. The van der Waals surface area contributed by atoms with Crippen molar-refractivity contribution in [1.82, 2.24) is 5.32 Å². The Balaban J connectivity index is 2.22. The van der Waals surface area contributed by atoms with Crippen molar-refractivity contribution in [3.8, 4) is 0 Å². The summed E-state index contributed by atoms with van der Waals surface area (Å²) >= 11 is 0. The average molecular weight is 182 g/mol. The first-order valence-electron chi connectivity index (χ1n) is 5.03. The van der Waals surface area contributed by atoms with E-state index in [0.717, 1.165) is 0 Å². The minimum atomic E-state index is 0.0133. The molecule has 2 N–H and O–H groups in total. The van der Waals surface area contributed by atoms with Crippen LogP contribution in [-0.2, 0) is 4.79 Å². The molecule has 0 saturated heterocycles. The fraction of sp³-hybridized carbons (Fsp3) is 0.800. The number of hydrogen-bond acceptors (Lipinski definition) is 2. The Morgan fingerprint density at radius 2 is 2.00 bits per heavy atom. The highest BCUT2D eigenvalue weighted by Gasteiger charge is 2.16. The Labute approximate surface area is 79.4 Å². The lowest BCUT2D eigenvalue weighted by Crippen LogP contribution is -2.29. The molecule has 1 aliphatic carbocycles. The van der Waals surface area contributed by atoms with Crippen LogP contribution in [0, 0.1) is 11.3 Å². The second-order valence-electron chi connectivity index (χ2n) is 3.88. The van der Waals surface area contributed by atoms with Crippen molar-refractivity contribution < 1.29 is 4.79 Å². The topological polar surface area (TPSA) is 53.0 Å². The van der Waals surface area contributed by atoms with Crippen molar-refractivity contribution in [1.29, 1.82) is 5.41 Å². The molecule has 1 fully saturated rings. The number of amides is 1. The van der Waals surface area contributed by atoms with Crippen LogP contribution in [0.5, 0.6) is 0 Å². The minimum Gasteiger partial charge on any atom is -0.315 e. The molecule has 0 aromatic rings. The third-order valence-corrected chi connectivity index (χ3v) is 2.53. The summed E-state index contributed by atoms with van der Waals surface area (Å²) in [5, 5.41) is 9.64. The molecule has 1 rings (SSSR count). The lowest BCUT2D eigenvalue weighted by atomic mass is 9.87. The van der Waals surface area contributed by atoms with Gasteiger partial charge in [-0.3, -0.25) is 10.2 Å². The van der Waals surface area contributed by atoms with Gasteiger partial charge in [0.2, 0.25) is 5.91 Å². The van der Waals surface area contributed by atoms with E-state index in [-0.39, 0.29) is 11.7 Å². The zero-order valence-corrected chi connectivity index (χ0v) is 8.23. The molecule has 3 heteroatoms. The Kier molecular flexibility index (Phi) is 3.93. The summed E-state index contributed by atoms with van der Waals surface area (Å²) in [4.78, 5) is 11.3. The van der Waals surface area contributed by atoms with Crippen LogP contribution in [0.25, 0.3) is 0 Å². The van der Waals surface area contributed by atoms with Crippen LogP contribution < -0.4 is 5.32 Å². The molecule has 0 unspecified atom stereocenters. The van der Waals surface area contributed by atoms with Crippen molar-refractivity contribution >= 4 is 11.7 Å². The van der Waals surface area contributed by atoms with Crippen LogP contribution in [0.2, 0.25) is 0 Å². The fourth-order valence-corrected chi connectivity index (χ4v) is 1.91. The maximum absolute atomic E-state index is 11.3. The lowest BCUT2D eigenvalue weighted by Gasteiger charge is -2.20. The molecule has 0 bridgehead atoms. The normalized spacial score (nSPS) is 18.2. The fourth-order valence-electron chi connectivity index (χ4n) is 1.91. The van der Waals surface area contributed by atoms with Gasteiger partial charge < -0.3 is 5.32 Å². The molecule has 0 aliphatic heterocycles. The third-order valence-electron chi connectivity index (χ3n) is 2.53. The maximum atomic E-state index is 11.3. The summed E-state index contributed by atoms with van der Waals surface area (Å²) in [6.07, 6.45) is 6.83. The number of amidine groups is 1. The van der Waals surface area contributed by atoms with E-state index in [1.165, 1.54) is 32.1 Å². The first-order chi connectivity index (χ1) is 6.18. The highest BCUT2D eigenvalue weighted by Crippen LogP contribution is 2.25. The molecule has 0 aromatic heterocycles. The van der Waals surface area contributed by atoms with Gasteiger partial charge in [0, 0.05) is 6.42 Å². The summed E-state index contributed by atoms with van der Waals surface area (Å²) in [5.74, 6) is 0.827. The van der Waals surface area contributed by atoms with Crippen LogP contribution in [0.3, 0.4) is 0 Å². The Bertz CT molecular complexity index is 195. The summed E-state index contributed by atoms with van der Waals surface area (Å²) in [5.41, 5.74) is 0. The Morgan fingerprint density at radius 3 is 2.54 bits per heavy atom. The molecule has 1 saturated carbocycles. The second-order valence-corrected chi connectivity index (χ2v) is 3.88. The van der Waals surface area contributed by atoms with Crippen LogP contribution in [0.1, 0.15) is 45.4 Å². The van der Waals surface area contributed by atoms with Gasteiger partial charge in [-0.25, -0.2) is 0 Å². The molecular formula is C10H18N2O. The molecule has 0 aromatic carbocycles. The monoisotopic (exact) mass is 182 g/mol. The van der Waals surface area contributed by atoms with Gasteiger partial charge in [0.1, 0.15) is 0 Å². The summed E-state index contributed by atoms with van der Waals surface area (Å²) in [6.45, 7) is 1.60. The van der Waals surface area contributed by atoms with Crippen molar-refractivity contribution in [2.24, 2.45) is 5.92 Å². The molecule has 74 valence electrons. The van der Waals surface area contributed by atoms with Crippen molar-refractivity contribution in [2.75, 3.05) is 0 Å². The summed E-state index contributed by atoms with van der Waals surface area (Å²) in [6, 6.07) is 0. The van der Waals surface area contributed by atoms with Crippen molar-refractivity contribution in [3.63, 3.8) is 0 Å². The van der Waals surface area contributed by atoms with Gasteiger partial charge in [-0.15, -0.1) is 0 Å². The van der Waals surface area contributed by atoms with E-state index in [2.05, 4.69) is 5.32 Å². The van der Waals surface area contributed by atoms with Gasteiger partial charge in [0.05, 0.1) is 5.84 Å². The van der Waals surface area contributed by atoms with Gasteiger partial charge in [-0.2, -0.15) is 0 Å². The number of carbonyl (C=O) groups excluding carboxylic acids is 1. The Hall–Kier alpha value is -0.860. The van der Waals surface area contributed by atoms with E-state index in [1.54, 1.807) is 6.92 Å². The molecule has 0 radical (unpaired) electrons. The predicted molar refractivity (Wildman–Crippen MR) is 52.7 cm³/mol. The molecule has 1 amide bonds. The standard InChI is InChI=1S/C10H18N2O/c1-8(11)12-10(13)7-9-5-3-2-4-6-9/h9H,2-7H2,1H3,(H2,11,12,13). The molecular weight excluding hydrogens is 164 g/mol. The lowest BCUT2D eigenvalue weighted by molar-refractivity contribution is -0.120. The minimum absolute atomic E-state index is 0.0133. The van der Waals surface area contributed by atoms with Crippen molar-refractivity contribution in [2.45, 2.75) is 45.4 Å². The third kappa shape index (κ3) is 4.06. The quantitative estimate of drug-likeness (QED) is 0.498. The molecule has 3 nitrogen and oxygen atoms in total. The van der Waals surface area contributed by atoms with E-state index >= 15 is 0 Å². The molecule has 0 heterocycles. The molecule has 0 spiro atoms. The second kappa shape index (κ2) is 5.00. The number of rotatable bonds is 2. The molecule has 1 aliphatic rings. The van der Waals surface area contributed by atoms with Crippen molar-refractivity contribution in [3.05, 3.63) is 0 Å². The van der Waals surface area contributed by atoms with Crippen LogP contribution in [0.4, 0.5) is 0 Å². The van der Waals surface area contributed by atoms with E-state index in [4.69, 9.17) is 5.41 Å². The molecule has 0 atom stereocenters. The van der Waals surface area contributed by atoms with Gasteiger partial charge in [0.15, 0.2) is 0 Å². The van der Waals surface area contributed by atoms with Gasteiger partial charge in [-0.1, -0.05) is 19.3 Å². The zero-order valence-electron chi connectivity index (χ0n) is 8.23. The number of hydrogen-bond donors (Lipinski definition) is 2. The largest absolute Gasteiger partial charge is 0.315 e. The first-order valence-corrected chi connectivity index (χ1v) is 5.03. The highest BCUT2D eigenvalue weighted by molar-refractivity contribution is 5.95. The number of nitrogens with one attached hydrogen (secondary N) is 2. The Morgan fingerprint density at radius 1 is 1.38 bits per heavy atom. The highest BCUT2D eigenvalue weighted by atomic mass is 16.1. The zero-order chi connectivity index (χ0) is 9.68.